The predicted octanol–water partition coefficient (Wildman–Crippen LogP) is 3.00. The average Bonchev–Trinajstić information content (AvgIpc) is 2.22. The smallest absolute Gasteiger partial charge is 0.303 e. The van der Waals surface area contributed by atoms with Crippen molar-refractivity contribution in [3.05, 3.63) is 0 Å². The van der Waals surface area contributed by atoms with Crippen molar-refractivity contribution >= 4 is 5.97 Å². The summed E-state index contributed by atoms with van der Waals surface area (Å²) in [4.78, 5) is 13.6. The lowest BCUT2D eigenvalue weighted by atomic mass is 9.70. The highest BCUT2D eigenvalue weighted by molar-refractivity contribution is 5.67. The number of hydrogen-bond acceptors (Lipinski definition) is 2. The van der Waals surface area contributed by atoms with Crippen LogP contribution >= 0.6 is 0 Å². The summed E-state index contributed by atoms with van der Waals surface area (Å²) >= 11 is 0. The maximum absolute atomic E-state index is 11.1. The van der Waals surface area contributed by atoms with E-state index >= 15 is 0 Å². The first-order chi connectivity index (χ1) is 8.51. The molecule has 1 heterocycles. The zero-order valence-corrected chi connectivity index (χ0v) is 11.8. The highest BCUT2D eigenvalue weighted by Gasteiger charge is 2.39. The molecule has 0 atom stereocenters. The molecule has 0 bridgehead atoms. The number of carboxylic acid groups (broad SMARTS) is 1. The minimum absolute atomic E-state index is 0.0754. The third-order valence-electron chi connectivity index (χ3n) is 4.93. The summed E-state index contributed by atoms with van der Waals surface area (Å²) in [6.45, 7) is 7.95. The summed E-state index contributed by atoms with van der Waals surface area (Å²) in [5.41, 5.74) is 0.0754. The summed E-state index contributed by atoms with van der Waals surface area (Å²) < 4.78 is 0. The average molecular weight is 253 g/mol. The molecular formula is C15H27NO2. The first kappa shape index (κ1) is 13.9. The van der Waals surface area contributed by atoms with Gasteiger partial charge in [0, 0.05) is 19.6 Å². The SMILES string of the molecule is CC(C)C1CN(CC2(CC(=O)O)CCCCC2)C1. The van der Waals surface area contributed by atoms with Gasteiger partial charge in [0.05, 0.1) is 6.42 Å². The molecule has 3 heteroatoms. The molecule has 3 nitrogen and oxygen atoms in total. The van der Waals surface area contributed by atoms with Crippen LogP contribution in [0, 0.1) is 17.3 Å². The Morgan fingerprint density at radius 3 is 2.39 bits per heavy atom. The van der Waals surface area contributed by atoms with Gasteiger partial charge in [-0.15, -0.1) is 0 Å². The Bertz CT molecular complexity index is 289. The minimum atomic E-state index is -0.613. The Morgan fingerprint density at radius 2 is 1.89 bits per heavy atom. The van der Waals surface area contributed by atoms with Gasteiger partial charge in [-0.1, -0.05) is 33.1 Å². The lowest BCUT2D eigenvalue weighted by Crippen LogP contribution is -2.53. The molecule has 0 radical (unpaired) electrons. The van der Waals surface area contributed by atoms with E-state index in [0.29, 0.717) is 6.42 Å². The van der Waals surface area contributed by atoms with Gasteiger partial charge in [-0.2, -0.15) is 0 Å². The molecule has 1 aliphatic carbocycles. The minimum Gasteiger partial charge on any atom is -0.481 e. The molecule has 104 valence electrons. The second-order valence-electron chi connectivity index (χ2n) is 6.83. The maximum atomic E-state index is 11.1. The van der Waals surface area contributed by atoms with Crippen LogP contribution in [0.1, 0.15) is 52.4 Å². The highest BCUT2D eigenvalue weighted by Crippen LogP contribution is 2.41. The van der Waals surface area contributed by atoms with E-state index < -0.39 is 5.97 Å². The molecule has 1 aliphatic heterocycles. The predicted molar refractivity (Wildman–Crippen MR) is 72.5 cm³/mol. The van der Waals surface area contributed by atoms with Crippen molar-refractivity contribution in [3.8, 4) is 0 Å². The number of nitrogens with zero attached hydrogens (tertiary/aromatic N) is 1. The van der Waals surface area contributed by atoms with Crippen molar-refractivity contribution in [2.75, 3.05) is 19.6 Å². The Morgan fingerprint density at radius 1 is 1.28 bits per heavy atom. The summed E-state index contributed by atoms with van der Waals surface area (Å²) in [5.74, 6) is 0.983. The maximum Gasteiger partial charge on any atom is 0.303 e. The van der Waals surface area contributed by atoms with E-state index in [9.17, 15) is 4.79 Å². The van der Waals surface area contributed by atoms with Crippen molar-refractivity contribution in [1.29, 1.82) is 0 Å². The first-order valence-corrected chi connectivity index (χ1v) is 7.45. The van der Waals surface area contributed by atoms with Gasteiger partial charge in [-0.25, -0.2) is 0 Å². The molecule has 0 spiro atoms. The topological polar surface area (TPSA) is 40.5 Å². The fourth-order valence-electron chi connectivity index (χ4n) is 3.65. The van der Waals surface area contributed by atoms with E-state index in [-0.39, 0.29) is 5.41 Å². The molecule has 0 unspecified atom stereocenters. The number of rotatable bonds is 5. The summed E-state index contributed by atoms with van der Waals surface area (Å²) in [7, 11) is 0. The zero-order chi connectivity index (χ0) is 13.2. The van der Waals surface area contributed by atoms with Crippen molar-refractivity contribution in [3.63, 3.8) is 0 Å². The van der Waals surface area contributed by atoms with E-state index in [0.717, 1.165) is 31.2 Å². The van der Waals surface area contributed by atoms with Gasteiger partial charge in [0.15, 0.2) is 0 Å². The van der Waals surface area contributed by atoms with Gasteiger partial charge in [0.2, 0.25) is 0 Å². The number of carbonyl (C=O) groups is 1. The van der Waals surface area contributed by atoms with Crippen LogP contribution in [-0.2, 0) is 4.79 Å². The Labute approximate surface area is 111 Å². The van der Waals surface area contributed by atoms with Gasteiger partial charge >= 0.3 is 5.97 Å². The molecule has 1 saturated carbocycles. The molecule has 18 heavy (non-hydrogen) atoms. The molecule has 2 rings (SSSR count). The lowest BCUT2D eigenvalue weighted by Gasteiger charge is -2.48. The first-order valence-electron chi connectivity index (χ1n) is 7.45. The van der Waals surface area contributed by atoms with E-state index in [1.807, 2.05) is 0 Å². The van der Waals surface area contributed by atoms with E-state index in [1.165, 1.54) is 32.4 Å². The molecule has 2 fully saturated rings. The van der Waals surface area contributed by atoms with Gasteiger partial charge in [0.1, 0.15) is 0 Å². The fraction of sp³-hybridized carbons (Fsp3) is 0.933. The van der Waals surface area contributed by atoms with Gasteiger partial charge in [-0.3, -0.25) is 4.79 Å². The zero-order valence-electron chi connectivity index (χ0n) is 11.8. The van der Waals surface area contributed by atoms with Crippen molar-refractivity contribution in [1.82, 2.24) is 4.90 Å². The molecule has 0 aromatic heterocycles. The largest absolute Gasteiger partial charge is 0.481 e. The molecule has 1 saturated heterocycles. The van der Waals surface area contributed by atoms with Crippen LogP contribution in [-0.4, -0.2) is 35.6 Å². The van der Waals surface area contributed by atoms with Gasteiger partial charge in [-0.05, 0) is 30.1 Å². The molecule has 0 amide bonds. The van der Waals surface area contributed by atoms with Crippen molar-refractivity contribution < 1.29 is 9.90 Å². The Hall–Kier alpha value is -0.570. The summed E-state index contributed by atoms with van der Waals surface area (Å²) in [5, 5.41) is 9.16. The lowest BCUT2D eigenvalue weighted by molar-refractivity contribution is -0.141. The summed E-state index contributed by atoms with van der Waals surface area (Å²) in [6.07, 6.45) is 6.32. The van der Waals surface area contributed by atoms with Gasteiger partial charge < -0.3 is 10.0 Å². The third kappa shape index (κ3) is 3.25. The quantitative estimate of drug-likeness (QED) is 0.819. The van der Waals surface area contributed by atoms with Crippen LogP contribution < -0.4 is 0 Å². The molecule has 0 aromatic rings. The second-order valence-corrected chi connectivity index (χ2v) is 6.83. The van der Waals surface area contributed by atoms with Crippen molar-refractivity contribution in [2.45, 2.75) is 52.4 Å². The fourth-order valence-corrected chi connectivity index (χ4v) is 3.65. The van der Waals surface area contributed by atoms with Crippen LogP contribution in [0.3, 0.4) is 0 Å². The van der Waals surface area contributed by atoms with Crippen LogP contribution in [0.4, 0.5) is 0 Å². The van der Waals surface area contributed by atoms with E-state index in [1.54, 1.807) is 0 Å². The normalized spacial score (nSPS) is 25.1. The summed E-state index contributed by atoms with van der Waals surface area (Å²) in [6, 6.07) is 0. The number of likely N-dealkylation sites (tertiary alicyclic amines) is 1. The third-order valence-corrected chi connectivity index (χ3v) is 4.93. The molecule has 0 aromatic carbocycles. The van der Waals surface area contributed by atoms with Crippen LogP contribution in [0.25, 0.3) is 0 Å². The number of hydrogen-bond donors (Lipinski definition) is 1. The molecular weight excluding hydrogens is 226 g/mol. The second kappa shape index (κ2) is 5.60. The Kier molecular flexibility index (Phi) is 4.31. The molecule has 2 aliphatic rings. The van der Waals surface area contributed by atoms with Crippen LogP contribution in [0.5, 0.6) is 0 Å². The van der Waals surface area contributed by atoms with Crippen molar-refractivity contribution in [2.24, 2.45) is 17.3 Å². The van der Waals surface area contributed by atoms with Gasteiger partial charge in [0.25, 0.3) is 0 Å². The highest BCUT2D eigenvalue weighted by atomic mass is 16.4. The van der Waals surface area contributed by atoms with E-state index in [2.05, 4.69) is 18.7 Å². The standard InChI is InChI=1S/C15H27NO2/c1-12(2)13-9-16(10-13)11-15(8-14(17)18)6-4-3-5-7-15/h12-13H,3-11H2,1-2H3,(H,17,18). The van der Waals surface area contributed by atoms with E-state index in [4.69, 9.17) is 5.11 Å². The number of aliphatic carboxylic acids is 1. The number of carboxylic acids is 1. The Balaban J connectivity index is 1.88. The van der Waals surface area contributed by atoms with Crippen LogP contribution in [0.15, 0.2) is 0 Å². The molecule has 1 N–H and O–H groups in total. The van der Waals surface area contributed by atoms with Crippen LogP contribution in [0.2, 0.25) is 0 Å². The monoisotopic (exact) mass is 253 g/mol.